The molecule has 2 heterocycles. The molecule has 1 unspecified atom stereocenters. The molecule has 1 atom stereocenters. The fraction of sp³-hybridized carbons (Fsp3) is 0.577. The number of nitrogens with zero attached hydrogens (tertiary/aromatic N) is 6. The minimum absolute atomic E-state index is 0.0541. The van der Waals surface area contributed by atoms with E-state index in [2.05, 4.69) is 64.2 Å². The van der Waals surface area contributed by atoms with E-state index < -0.39 is 12.0 Å². The zero-order valence-corrected chi connectivity index (χ0v) is 20.1. The average Bonchev–Trinajstić information content (AvgIpc) is 3.10. The maximum absolute atomic E-state index is 11.5. The molecule has 34 heavy (non-hydrogen) atoms. The van der Waals surface area contributed by atoms with Crippen molar-refractivity contribution in [3.63, 3.8) is 0 Å². The van der Waals surface area contributed by atoms with Gasteiger partial charge in [-0.2, -0.15) is 5.26 Å². The van der Waals surface area contributed by atoms with Crippen LogP contribution in [-0.4, -0.2) is 74.7 Å². The smallest absolute Gasteiger partial charge is 0.232 e. The quantitative estimate of drug-likeness (QED) is 0.699. The number of rotatable bonds is 5. The lowest BCUT2D eigenvalue weighted by Crippen LogP contribution is -2.60. The summed E-state index contributed by atoms with van der Waals surface area (Å²) in [5.41, 5.74) is 0.978. The summed E-state index contributed by atoms with van der Waals surface area (Å²) in [6.45, 7) is 1.10. The fourth-order valence-corrected chi connectivity index (χ4v) is 6.28. The summed E-state index contributed by atoms with van der Waals surface area (Å²) in [4.78, 5) is 14.6. The van der Waals surface area contributed by atoms with Crippen molar-refractivity contribution in [2.24, 2.45) is 0 Å². The molecular formula is C26H34N6O2. The third-order valence-corrected chi connectivity index (χ3v) is 8.63. The molecule has 5 rings (SSSR count). The maximum atomic E-state index is 11.5. The van der Waals surface area contributed by atoms with Crippen LogP contribution >= 0.6 is 0 Å². The van der Waals surface area contributed by atoms with Crippen LogP contribution in [-0.2, 0) is 5.54 Å². The summed E-state index contributed by atoms with van der Waals surface area (Å²) < 4.78 is 0. The van der Waals surface area contributed by atoms with Crippen LogP contribution in [0.3, 0.4) is 0 Å². The molecule has 1 saturated heterocycles. The standard InChI is InChI=1S/C26H34N6O2/c1-30(2)26(20-7-4-3-5-8-20)13-11-24(12-14-26)18-31(21-16-28-22(15-27)29-17-21)23(33)32(24)19-25(34)9-6-10-25/h3-5,7-8,16-17,23,33-34H,6,9-14,18-19H2,1-2H3/t23?,24-,26+. The van der Waals surface area contributed by atoms with Crippen LogP contribution in [0.4, 0.5) is 5.69 Å². The molecule has 2 saturated carbocycles. The van der Waals surface area contributed by atoms with E-state index in [1.165, 1.54) is 5.56 Å². The van der Waals surface area contributed by atoms with Crippen molar-refractivity contribution in [3.05, 3.63) is 54.1 Å². The van der Waals surface area contributed by atoms with Gasteiger partial charge >= 0.3 is 0 Å². The number of anilines is 1. The number of nitriles is 1. The van der Waals surface area contributed by atoms with Crippen LogP contribution in [0.25, 0.3) is 0 Å². The van der Waals surface area contributed by atoms with E-state index in [9.17, 15) is 10.2 Å². The lowest BCUT2D eigenvalue weighted by molar-refractivity contribution is -0.124. The normalized spacial score (nSPS) is 30.9. The summed E-state index contributed by atoms with van der Waals surface area (Å²) in [7, 11) is 4.31. The molecule has 1 aromatic carbocycles. The van der Waals surface area contributed by atoms with Crippen molar-refractivity contribution in [1.82, 2.24) is 19.8 Å². The number of hydrogen-bond donors (Lipinski definition) is 2. The minimum atomic E-state index is -0.871. The van der Waals surface area contributed by atoms with Gasteiger partial charge in [-0.15, -0.1) is 0 Å². The highest BCUT2D eigenvalue weighted by Gasteiger charge is 2.56. The molecule has 3 aliphatic rings. The Kier molecular flexibility index (Phi) is 5.85. The Labute approximate surface area is 201 Å². The topological polar surface area (TPSA) is 99.8 Å². The van der Waals surface area contributed by atoms with Gasteiger partial charge in [-0.05, 0) is 64.6 Å². The predicted octanol–water partition coefficient (Wildman–Crippen LogP) is 2.43. The molecule has 180 valence electrons. The second-order valence-corrected chi connectivity index (χ2v) is 10.6. The van der Waals surface area contributed by atoms with E-state index in [4.69, 9.17) is 5.26 Å². The molecule has 2 N–H and O–H groups in total. The van der Waals surface area contributed by atoms with E-state index in [1.807, 2.05) is 11.0 Å². The zero-order chi connectivity index (χ0) is 24.0. The van der Waals surface area contributed by atoms with Crippen LogP contribution in [0.1, 0.15) is 56.3 Å². The van der Waals surface area contributed by atoms with Gasteiger partial charge in [0.25, 0.3) is 0 Å². The highest BCUT2D eigenvalue weighted by atomic mass is 16.3. The molecule has 0 bridgehead atoms. The first-order valence-corrected chi connectivity index (χ1v) is 12.2. The highest BCUT2D eigenvalue weighted by molar-refractivity contribution is 5.46. The van der Waals surface area contributed by atoms with Crippen molar-refractivity contribution < 1.29 is 10.2 Å². The van der Waals surface area contributed by atoms with Gasteiger partial charge in [0.05, 0.1) is 23.7 Å². The molecular weight excluding hydrogens is 428 g/mol. The first-order valence-electron chi connectivity index (χ1n) is 12.2. The third kappa shape index (κ3) is 3.77. The largest absolute Gasteiger partial charge is 0.389 e. The Morgan fingerprint density at radius 3 is 2.24 bits per heavy atom. The summed E-state index contributed by atoms with van der Waals surface area (Å²) in [6, 6.07) is 12.7. The summed E-state index contributed by atoms with van der Waals surface area (Å²) >= 11 is 0. The van der Waals surface area contributed by atoms with Crippen LogP contribution in [0.15, 0.2) is 42.7 Å². The maximum Gasteiger partial charge on any atom is 0.232 e. The van der Waals surface area contributed by atoms with E-state index >= 15 is 0 Å². The number of β-amino-alcohol motifs (C(OH)–C–C–N with tert-alkyl or cyclic N) is 1. The van der Waals surface area contributed by atoms with E-state index in [0.29, 0.717) is 18.8 Å². The number of benzene rings is 1. The minimum Gasteiger partial charge on any atom is -0.389 e. The molecule has 3 fully saturated rings. The van der Waals surface area contributed by atoms with Crippen LogP contribution in [0.2, 0.25) is 0 Å². The van der Waals surface area contributed by atoms with E-state index in [-0.39, 0.29) is 16.9 Å². The lowest BCUT2D eigenvalue weighted by atomic mass is 9.67. The molecule has 0 amide bonds. The Balaban J connectivity index is 1.46. The van der Waals surface area contributed by atoms with E-state index in [0.717, 1.165) is 44.9 Å². The lowest BCUT2D eigenvalue weighted by Gasteiger charge is -2.53. The fourth-order valence-electron chi connectivity index (χ4n) is 6.28. The first-order chi connectivity index (χ1) is 16.3. The van der Waals surface area contributed by atoms with Gasteiger partial charge in [0.2, 0.25) is 5.82 Å². The van der Waals surface area contributed by atoms with Crippen LogP contribution < -0.4 is 4.90 Å². The zero-order valence-electron chi connectivity index (χ0n) is 20.1. The van der Waals surface area contributed by atoms with Gasteiger partial charge in [-0.3, -0.25) is 9.80 Å². The summed E-state index contributed by atoms with van der Waals surface area (Å²) in [5, 5.41) is 31.6. The second kappa shape index (κ2) is 8.58. The highest BCUT2D eigenvalue weighted by Crippen LogP contribution is 2.51. The Hall–Kier alpha value is -2.57. The van der Waals surface area contributed by atoms with Gasteiger partial charge in [-0.25, -0.2) is 9.97 Å². The Morgan fingerprint density at radius 2 is 1.71 bits per heavy atom. The van der Waals surface area contributed by atoms with Crippen molar-refractivity contribution in [2.75, 3.05) is 32.1 Å². The molecule has 8 heteroatoms. The van der Waals surface area contributed by atoms with Crippen molar-refractivity contribution in [2.45, 2.75) is 68.0 Å². The van der Waals surface area contributed by atoms with Crippen LogP contribution in [0.5, 0.6) is 0 Å². The molecule has 2 aliphatic carbocycles. The van der Waals surface area contributed by atoms with Gasteiger partial charge in [0.1, 0.15) is 6.07 Å². The van der Waals surface area contributed by atoms with Gasteiger partial charge in [-0.1, -0.05) is 30.3 Å². The van der Waals surface area contributed by atoms with Gasteiger partial charge in [0.15, 0.2) is 6.35 Å². The number of aliphatic hydroxyl groups excluding tert-OH is 1. The van der Waals surface area contributed by atoms with E-state index in [1.54, 1.807) is 12.4 Å². The molecule has 1 spiro atoms. The van der Waals surface area contributed by atoms with Gasteiger partial charge in [0, 0.05) is 24.2 Å². The number of aromatic nitrogens is 2. The SMILES string of the molecule is CN(C)[C@]1(c2ccccc2)CC[C@]2(CC1)CN(c1cnc(C#N)nc1)C(O)N2CC1(O)CCC1. The second-order valence-electron chi connectivity index (χ2n) is 10.6. The molecule has 1 aromatic heterocycles. The monoisotopic (exact) mass is 462 g/mol. The molecule has 8 nitrogen and oxygen atoms in total. The number of aliphatic hydroxyl groups is 2. The molecule has 1 aliphatic heterocycles. The van der Waals surface area contributed by atoms with Crippen LogP contribution in [0, 0.1) is 11.3 Å². The summed E-state index contributed by atoms with van der Waals surface area (Å²) in [5.74, 6) is 0.115. The third-order valence-electron chi connectivity index (χ3n) is 8.63. The Morgan fingerprint density at radius 1 is 1.06 bits per heavy atom. The molecule has 0 radical (unpaired) electrons. The number of hydrogen-bond acceptors (Lipinski definition) is 8. The average molecular weight is 463 g/mol. The van der Waals surface area contributed by atoms with Crippen molar-refractivity contribution >= 4 is 5.69 Å². The molecule has 2 aromatic rings. The van der Waals surface area contributed by atoms with Crippen molar-refractivity contribution in [1.29, 1.82) is 5.26 Å². The van der Waals surface area contributed by atoms with Crippen molar-refractivity contribution in [3.8, 4) is 6.07 Å². The predicted molar refractivity (Wildman–Crippen MR) is 129 cm³/mol. The summed E-state index contributed by atoms with van der Waals surface area (Å²) in [6.07, 6.45) is 8.66. The first kappa shape index (κ1) is 23.2. The van der Waals surface area contributed by atoms with Gasteiger partial charge < -0.3 is 15.1 Å². The Bertz CT molecular complexity index is 1040.